The highest BCUT2D eigenvalue weighted by atomic mass is 32.1. The van der Waals surface area contributed by atoms with Crippen LogP contribution in [0, 0.1) is 11.7 Å². The van der Waals surface area contributed by atoms with Gasteiger partial charge in [0.05, 0.1) is 33.3 Å². The number of methoxy groups -OCH3 is 2. The Bertz CT molecular complexity index is 1270. The summed E-state index contributed by atoms with van der Waals surface area (Å²) < 4.78 is 29.6. The van der Waals surface area contributed by atoms with Crippen molar-refractivity contribution >= 4 is 23.2 Å². The second-order valence-corrected chi connectivity index (χ2v) is 10.4. The van der Waals surface area contributed by atoms with E-state index in [0.29, 0.717) is 56.5 Å². The van der Waals surface area contributed by atoms with Gasteiger partial charge in [0.1, 0.15) is 28.0 Å². The molecule has 0 aliphatic carbocycles. The Labute approximate surface area is 232 Å². The first-order chi connectivity index (χ1) is 18.9. The highest BCUT2D eigenvalue weighted by Gasteiger charge is 2.30. The van der Waals surface area contributed by atoms with Crippen molar-refractivity contribution in [2.24, 2.45) is 5.92 Å². The molecule has 2 aromatic carbocycles. The lowest BCUT2D eigenvalue weighted by Gasteiger charge is -2.31. The Kier molecular flexibility index (Phi) is 9.89. The zero-order valence-corrected chi connectivity index (χ0v) is 23.3. The predicted molar refractivity (Wildman–Crippen MR) is 146 cm³/mol. The SMILES string of the molecule is CCOC(=O)C1CCCN(C(=O)c2csc(CN(Cc3ccc(F)cc3)Cc3ccc(OC)cc3OC)n2)C1. The molecule has 1 aromatic heterocycles. The standard InChI is InChI=1S/C29H34FN3O5S/c1-4-38-29(35)22-6-5-13-33(17-22)28(34)25-19-39-27(31-25)18-32(15-20-7-10-23(30)11-8-20)16-21-9-12-24(36-2)14-26(21)37-3/h7-12,14,19,22H,4-6,13,15-18H2,1-3H3. The molecule has 8 nitrogen and oxygen atoms in total. The topological polar surface area (TPSA) is 81.2 Å². The average Bonchev–Trinajstić information content (AvgIpc) is 3.42. The molecule has 0 radical (unpaired) electrons. The molecule has 2 heterocycles. The van der Waals surface area contributed by atoms with Gasteiger partial charge in [-0.15, -0.1) is 11.3 Å². The van der Waals surface area contributed by atoms with Gasteiger partial charge in [-0.25, -0.2) is 9.37 Å². The van der Waals surface area contributed by atoms with Crippen molar-refractivity contribution in [3.63, 3.8) is 0 Å². The molecule has 1 unspecified atom stereocenters. The molecule has 1 aliphatic rings. The van der Waals surface area contributed by atoms with Crippen LogP contribution in [0.4, 0.5) is 4.39 Å². The largest absolute Gasteiger partial charge is 0.497 e. The van der Waals surface area contributed by atoms with Crippen LogP contribution < -0.4 is 9.47 Å². The van der Waals surface area contributed by atoms with Crippen molar-refractivity contribution in [3.05, 3.63) is 75.5 Å². The molecular formula is C29H34FN3O5S. The lowest BCUT2D eigenvalue weighted by molar-refractivity contribution is -0.149. The van der Waals surface area contributed by atoms with Gasteiger partial charge in [-0.2, -0.15) is 0 Å². The van der Waals surface area contributed by atoms with Gasteiger partial charge >= 0.3 is 5.97 Å². The molecule has 10 heteroatoms. The minimum Gasteiger partial charge on any atom is -0.497 e. The van der Waals surface area contributed by atoms with Crippen molar-refractivity contribution in [1.29, 1.82) is 0 Å². The zero-order valence-electron chi connectivity index (χ0n) is 22.5. The molecule has 3 aromatic rings. The van der Waals surface area contributed by atoms with Crippen LogP contribution in [0.5, 0.6) is 11.5 Å². The first kappa shape index (κ1) is 28.5. The molecule has 1 amide bonds. The number of rotatable bonds is 11. The van der Waals surface area contributed by atoms with Gasteiger partial charge in [-0.05, 0) is 43.5 Å². The molecule has 1 aliphatic heterocycles. The molecule has 0 N–H and O–H groups in total. The van der Waals surface area contributed by atoms with Crippen molar-refractivity contribution in [2.45, 2.75) is 39.4 Å². The Balaban J connectivity index is 1.50. The van der Waals surface area contributed by atoms with Gasteiger partial charge in [0.15, 0.2) is 0 Å². The molecule has 0 saturated carbocycles. The minimum absolute atomic E-state index is 0.173. The van der Waals surface area contributed by atoms with Gasteiger partial charge < -0.3 is 19.1 Å². The Morgan fingerprint density at radius 1 is 1.10 bits per heavy atom. The number of likely N-dealkylation sites (tertiary alicyclic amines) is 1. The van der Waals surface area contributed by atoms with E-state index >= 15 is 0 Å². The Morgan fingerprint density at radius 3 is 2.62 bits per heavy atom. The predicted octanol–water partition coefficient (Wildman–Crippen LogP) is 4.92. The van der Waals surface area contributed by atoms with Crippen molar-refractivity contribution in [1.82, 2.24) is 14.8 Å². The van der Waals surface area contributed by atoms with Gasteiger partial charge in [0.25, 0.3) is 5.91 Å². The molecule has 1 atom stereocenters. The Morgan fingerprint density at radius 2 is 1.90 bits per heavy atom. The monoisotopic (exact) mass is 555 g/mol. The fourth-order valence-corrected chi connectivity index (χ4v) is 5.50. The van der Waals surface area contributed by atoms with E-state index in [-0.39, 0.29) is 23.6 Å². The van der Waals surface area contributed by atoms with E-state index in [2.05, 4.69) is 9.88 Å². The molecule has 1 saturated heterocycles. The molecule has 0 bridgehead atoms. The lowest BCUT2D eigenvalue weighted by atomic mass is 9.98. The number of thiazole rings is 1. The molecule has 208 valence electrons. The number of hydrogen-bond acceptors (Lipinski definition) is 8. The summed E-state index contributed by atoms with van der Waals surface area (Å²) in [5.41, 5.74) is 2.30. The van der Waals surface area contributed by atoms with Crippen molar-refractivity contribution in [2.75, 3.05) is 33.9 Å². The number of carbonyl (C=O) groups excluding carboxylic acids is 2. The summed E-state index contributed by atoms with van der Waals surface area (Å²) >= 11 is 1.42. The van der Waals surface area contributed by atoms with Crippen LogP contribution in [0.2, 0.25) is 0 Å². The van der Waals surface area contributed by atoms with Gasteiger partial charge in [0, 0.05) is 43.2 Å². The summed E-state index contributed by atoms with van der Waals surface area (Å²) in [6.07, 6.45) is 1.47. The van der Waals surface area contributed by atoms with Gasteiger partial charge in [-0.3, -0.25) is 14.5 Å². The summed E-state index contributed by atoms with van der Waals surface area (Å²) in [5.74, 6) is 0.397. The summed E-state index contributed by atoms with van der Waals surface area (Å²) in [5, 5.41) is 2.56. The third kappa shape index (κ3) is 7.54. The number of aromatic nitrogens is 1. The molecule has 4 rings (SSSR count). The number of esters is 1. The van der Waals surface area contributed by atoms with Crippen LogP contribution in [0.15, 0.2) is 47.8 Å². The van der Waals surface area contributed by atoms with Crippen LogP contribution in [-0.4, -0.2) is 60.6 Å². The normalized spacial score (nSPS) is 15.3. The second kappa shape index (κ2) is 13.5. The maximum atomic E-state index is 13.5. The summed E-state index contributed by atoms with van der Waals surface area (Å²) in [6.45, 7) is 4.62. The van der Waals surface area contributed by atoms with Crippen LogP contribution >= 0.6 is 11.3 Å². The van der Waals surface area contributed by atoms with Crippen LogP contribution in [0.25, 0.3) is 0 Å². The second-order valence-electron chi connectivity index (χ2n) is 9.42. The third-order valence-corrected chi connectivity index (χ3v) is 7.50. The molecule has 0 spiro atoms. The number of carbonyl (C=O) groups is 2. The summed E-state index contributed by atoms with van der Waals surface area (Å²) in [4.78, 5) is 34.0. The number of halogens is 1. The summed E-state index contributed by atoms with van der Waals surface area (Å²) in [7, 11) is 3.23. The highest BCUT2D eigenvalue weighted by molar-refractivity contribution is 7.09. The number of amides is 1. The number of nitrogens with zero attached hydrogens (tertiary/aromatic N) is 3. The van der Waals surface area contributed by atoms with Crippen molar-refractivity contribution in [3.8, 4) is 11.5 Å². The summed E-state index contributed by atoms with van der Waals surface area (Å²) in [6, 6.07) is 12.1. The first-order valence-electron chi connectivity index (χ1n) is 13.0. The van der Waals surface area contributed by atoms with E-state index in [0.717, 1.165) is 29.0 Å². The van der Waals surface area contributed by atoms with E-state index in [1.807, 2.05) is 18.2 Å². The van der Waals surface area contributed by atoms with E-state index in [4.69, 9.17) is 14.2 Å². The number of ether oxygens (including phenoxy) is 3. The Hall–Kier alpha value is -3.50. The number of hydrogen-bond donors (Lipinski definition) is 0. The molecule has 39 heavy (non-hydrogen) atoms. The lowest BCUT2D eigenvalue weighted by Crippen LogP contribution is -2.43. The average molecular weight is 556 g/mol. The molecule has 1 fully saturated rings. The fraction of sp³-hybridized carbons (Fsp3) is 0.414. The van der Waals surface area contributed by atoms with E-state index < -0.39 is 0 Å². The quantitative estimate of drug-likeness (QED) is 0.311. The van der Waals surface area contributed by atoms with Crippen molar-refractivity contribution < 1.29 is 28.2 Å². The maximum absolute atomic E-state index is 13.5. The zero-order chi connectivity index (χ0) is 27.8. The van der Waals surface area contributed by atoms with E-state index in [1.165, 1.54) is 23.5 Å². The van der Waals surface area contributed by atoms with Gasteiger partial charge in [0.2, 0.25) is 0 Å². The van der Waals surface area contributed by atoms with Crippen LogP contribution in [0.3, 0.4) is 0 Å². The number of piperidine rings is 1. The third-order valence-electron chi connectivity index (χ3n) is 6.67. The molecular weight excluding hydrogens is 521 g/mol. The fourth-order valence-electron chi connectivity index (χ4n) is 4.69. The number of benzene rings is 2. The highest BCUT2D eigenvalue weighted by Crippen LogP contribution is 2.28. The van der Waals surface area contributed by atoms with E-state index in [9.17, 15) is 14.0 Å². The van der Waals surface area contributed by atoms with Gasteiger partial charge in [-0.1, -0.05) is 18.2 Å². The van der Waals surface area contributed by atoms with Crippen LogP contribution in [0.1, 0.15) is 46.4 Å². The maximum Gasteiger partial charge on any atom is 0.310 e. The smallest absolute Gasteiger partial charge is 0.310 e. The van der Waals surface area contributed by atoms with Crippen LogP contribution in [-0.2, 0) is 29.2 Å². The first-order valence-corrected chi connectivity index (χ1v) is 13.9. The minimum atomic E-state index is -0.300. The van der Waals surface area contributed by atoms with E-state index in [1.54, 1.807) is 43.6 Å².